The van der Waals surface area contributed by atoms with Gasteiger partial charge >= 0.3 is 0 Å². The third-order valence-corrected chi connectivity index (χ3v) is 2.99. The minimum atomic E-state index is -0.00347. The van der Waals surface area contributed by atoms with Crippen molar-refractivity contribution in [2.75, 3.05) is 7.05 Å². The average Bonchev–Trinajstić information content (AvgIpc) is 2.10. The van der Waals surface area contributed by atoms with Gasteiger partial charge in [-0.15, -0.1) is 0 Å². The van der Waals surface area contributed by atoms with E-state index in [1.54, 1.807) is 0 Å². The summed E-state index contributed by atoms with van der Waals surface area (Å²) in [5.74, 6) is 0. The van der Waals surface area contributed by atoms with Gasteiger partial charge in [-0.2, -0.15) is 0 Å². The fraction of sp³-hybridized carbons (Fsp3) is 1.00. The smallest absolute Gasteiger partial charge is 0.0887 e. The van der Waals surface area contributed by atoms with Crippen molar-refractivity contribution >= 4 is 0 Å². The van der Waals surface area contributed by atoms with Crippen LogP contribution in [0.1, 0.15) is 33.1 Å². The number of quaternary nitrogens is 1. The Balaban J connectivity index is 2.64. The first-order valence-corrected chi connectivity index (χ1v) is 4.16. The summed E-state index contributed by atoms with van der Waals surface area (Å²) in [6, 6.07) is 0.694. The van der Waals surface area contributed by atoms with E-state index in [4.69, 9.17) is 0 Å². The van der Waals surface area contributed by atoms with Gasteiger partial charge in [-0.05, 0) is 13.3 Å². The molecule has 1 unspecified atom stereocenters. The normalized spacial score (nSPS) is 48.0. The molecule has 2 heteroatoms. The van der Waals surface area contributed by atoms with Gasteiger partial charge in [0.25, 0.3) is 0 Å². The zero-order valence-electron chi connectivity index (χ0n) is 7.13. The molecular formula is C8H17NO. The third kappa shape index (κ3) is 1.06. The Labute approximate surface area is 63.0 Å². The van der Waals surface area contributed by atoms with Crippen molar-refractivity contribution in [3.8, 4) is 0 Å². The number of hydrogen-bond acceptors (Lipinski definition) is 1. The molecule has 1 aliphatic heterocycles. The fourth-order valence-electron chi connectivity index (χ4n) is 1.87. The Morgan fingerprint density at radius 1 is 1.50 bits per heavy atom. The Hall–Kier alpha value is -0.0800. The molecule has 1 saturated heterocycles. The number of likely N-dealkylation sites (tertiary alicyclic amines) is 1. The van der Waals surface area contributed by atoms with Crippen LogP contribution in [-0.2, 0) is 0 Å². The summed E-state index contributed by atoms with van der Waals surface area (Å²) < 4.78 is -0.00347. The number of hydroxylamine groups is 3. The highest BCUT2D eigenvalue weighted by molar-refractivity contribution is 4.71. The summed E-state index contributed by atoms with van der Waals surface area (Å²) in [6.07, 6.45) is 3.26. The van der Waals surface area contributed by atoms with E-state index >= 15 is 0 Å². The number of hydrogen-bond donors (Lipinski definition) is 0. The molecule has 0 aromatic rings. The first kappa shape index (κ1) is 8.02. The molecule has 0 aliphatic carbocycles. The Bertz CT molecular complexity index is 122. The van der Waals surface area contributed by atoms with Gasteiger partial charge < -0.3 is 9.85 Å². The summed E-state index contributed by atoms with van der Waals surface area (Å²) in [5.41, 5.74) is 0. The van der Waals surface area contributed by atoms with E-state index in [1.165, 1.54) is 0 Å². The lowest BCUT2D eigenvalue weighted by atomic mass is 10.2. The molecule has 3 atom stereocenters. The Kier molecular flexibility index (Phi) is 2.02. The second-order valence-corrected chi connectivity index (χ2v) is 3.55. The maximum atomic E-state index is 11.7. The maximum Gasteiger partial charge on any atom is 0.0887 e. The first-order chi connectivity index (χ1) is 4.59. The van der Waals surface area contributed by atoms with E-state index in [1.807, 2.05) is 7.05 Å². The van der Waals surface area contributed by atoms with Crippen molar-refractivity contribution in [2.45, 2.75) is 45.2 Å². The SMILES string of the molecule is CC[C@H]1CC[C@@H](C)[N+]1(C)[O-]. The van der Waals surface area contributed by atoms with E-state index in [0.29, 0.717) is 12.1 Å². The fourth-order valence-corrected chi connectivity index (χ4v) is 1.87. The van der Waals surface area contributed by atoms with Gasteiger partial charge in [-0.25, -0.2) is 0 Å². The molecule has 0 radical (unpaired) electrons. The lowest BCUT2D eigenvalue weighted by Gasteiger charge is -2.44. The van der Waals surface area contributed by atoms with Crippen LogP contribution in [-0.4, -0.2) is 23.8 Å². The quantitative estimate of drug-likeness (QED) is 0.406. The molecule has 0 N–H and O–H groups in total. The lowest BCUT2D eigenvalue weighted by Crippen LogP contribution is -2.46. The van der Waals surface area contributed by atoms with Gasteiger partial charge in [0.2, 0.25) is 0 Å². The predicted molar refractivity (Wildman–Crippen MR) is 42.3 cm³/mol. The van der Waals surface area contributed by atoms with Crippen LogP contribution in [0.25, 0.3) is 0 Å². The van der Waals surface area contributed by atoms with Gasteiger partial charge in [0.1, 0.15) is 0 Å². The van der Waals surface area contributed by atoms with Crippen molar-refractivity contribution in [3.05, 3.63) is 5.21 Å². The molecular weight excluding hydrogens is 126 g/mol. The zero-order chi connectivity index (χ0) is 7.78. The summed E-state index contributed by atoms with van der Waals surface area (Å²) in [4.78, 5) is 0. The largest absolute Gasteiger partial charge is 0.633 e. The minimum Gasteiger partial charge on any atom is -0.633 e. The van der Waals surface area contributed by atoms with Crippen LogP contribution in [0.2, 0.25) is 0 Å². The molecule has 60 valence electrons. The van der Waals surface area contributed by atoms with Crippen molar-refractivity contribution in [1.29, 1.82) is 0 Å². The van der Waals surface area contributed by atoms with E-state index in [2.05, 4.69) is 13.8 Å². The van der Waals surface area contributed by atoms with E-state index < -0.39 is 0 Å². The molecule has 1 rings (SSSR count). The van der Waals surface area contributed by atoms with Gasteiger partial charge in [-0.3, -0.25) is 0 Å². The van der Waals surface area contributed by atoms with Crippen molar-refractivity contribution < 1.29 is 4.65 Å². The first-order valence-electron chi connectivity index (χ1n) is 4.16. The highest BCUT2D eigenvalue weighted by Gasteiger charge is 2.35. The van der Waals surface area contributed by atoms with E-state index in [0.717, 1.165) is 19.3 Å². The lowest BCUT2D eigenvalue weighted by molar-refractivity contribution is -0.895. The predicted octanol–water partition coefficient (Wildman–Crippen LogP) is 1.89. The van der Waals surface area contributed by atoms with Gasteiger partial charge in [0.15, 0.2) is 0 Å². The molecule has 0 amide bonds. The zero-order valence-corrected chi connectivity index (χ0v) is 7.13. The highest BCUT2D eigenvalue weighted by atomic mass is 16.5. The topological polar surface area (TPSA) is 23.1 Å². The summed E-state index contributed by atoms with van der Waals surface area (Å²) in [5, 5.41) is 11.7. The molecule has 10 heavy (non-hydrogen) atoms. The highest BCUT2D eigenvalue weighted by Crippen LogP contribution is 2.31. The van der Waals surface area contributed by atoms with Crippen LogP contribution in [0.15, 0.2) is 0 Å². The summed E-state index contributed by atoms with van der Waals surface area (Å²) in [6.45, 7) is 4.17. The van der Waals surface area contributed by atoms with Crippen LogP contribution < -0.4 is 0 Å². The molecule has 2 nitrogen and oxygen atoms in total. The third-order valence-electron chi connectivity index (χ3n) is 2.99. The van der Waals surface area contributed by atoms with Crippen LogP contribution in [0.4, 0.5) is 0 Å². The van der Waals surface area contributed by atoms with Crippen molar-refractivity contribution in [3.63, 3.8) is 0 Å². The molecule has 1 fully saturated rings. The molecule has 1 heterocycles. The molecule has 0 spiro atoms. The molecule has 0 aromatic carbocycles. The van der Waals surface area contributed by atoms with Crippen LogP contribution >= 0.6 is 0 Å². The Morgan fingerprint density at radius 2 is 2.10 bits per heavy atom. The summed E-state index contributed by atoms with van der Waals surface area (Å²) >= 11 is 0. The molecule has 0 aromatic heterocycles. The Morgan fingerprint density at radius 3 is 2.30 bits per heavy atom. The molecule has 0 saturated carbocycles. The van der Waals surface area contributed by atoms with Crippen molar-refractivity contribution in [1.82, 2.24) is 0 Å². The van der Waals surface area contributed by atoms with Crippen LogP contribution in [0.3, 0.4) is 0 Å². The van der Waals surface area contributed by atoms with E-state index in [9.17, 15) is 5.21 Å². The van der Waals surface area contributed by atoms with Crippen LogP contribution in [0.5, 0.6) is 0 Å². The van der Waals surface area contributed by atoms with Crippen molar-refractivity contribution in [2.24, 2.45) is 0 Å². The summed E-state index contributed by atoms with van der Waals surface area (Å²) in [7, 11) is 1.81. The average molecular weight is 143 g/mol. The molecule has 0 bridgehead atoms. The minimum absolute atomic E-state index is 0.00347. The number of nitrogens with zero attached hydrogens (tertiary/aromatic N) is 1. The van der Waals surface area contributed by atoms with Gasteiger partial charge in [-0.1, -0.05) is 6.92 Å². The molecule has 1 aliphatic rings. The van der Waals surface area contributed by atoms with E-state index in [-0.39, 0.29) is 4.65 Å². The van der Waals surface area contributed by atoms with Gasteiger partial charge in [0.05, 0.1) is 19.1 Å². The second-order valence-electron chi connectivity index (χ2n) is 3.55. The maximum absolute atomic E-state index is 11.7. The second kappa shape index (κ2) is 2.51. The monoisotopic (exact) mass is 143 g/mol. The number of rotatable bonds is 1. The standard InChI is InChI=1S/C8H17NO/c1-4-8-6-5-7(2)9(8,3)10/h7-8H,4-6H2,1-3H3/t7-,8+,9?/m1/s1. The van der Waals surface area contributed by atoms with Gasteiger partial charge in [0, 0.05) is 12.8 Å². The van der Waals surface area contributed by atoms with Crippen LogP contribution in [0, 0.1) is 5.21 Å².